The number of nitrogens with one attached hydrogen (secondary N) is 2. The third-order valence-electron chi connectivity index (χ3n) is 3.22. The second-order valence-electron chi connectivity index (χ2n) is 4.59. The quantitative estimate of drug-likeness (QED) is 0.745. The van der Waals surface area contributed by atoms with Gasteiger partial charge in [-0.05, 0) is 43.0 Å². The highest BCUT2D eigenvalue weighted by molar-refractivity contribution is 5.78. The number of hydrogen-bond acceptors (Lipinski definition) is 2. The van der Waals surface area contributed by atoms with Gasteiger partial charge in [-0.1, -0.05) is 18.2 Å². The van der Waals surface area contributed by atoms with E-state index in [1.165, 1.54) is 30.4 Å². The molecule has 1 amide bonds. The molecule has 17 heavy (non-hydrogen) atoms. The molecule has 0 fully saturated rings. The third-order valence-corrected chi connectivity index (χ3v) is 3.22. The number of carbonyl (C=O) groups excluding carboxylic acids is 1. The summed E-state index contributed by atoms with van der Waals surface area (Å²) in [7, 11) is 1.88. The maximum absolute atomic E-state index is 11.6. The Morgan fingerprint density at radius 2 is 2.06 bits per heavy atom. The van der Waals surface area contributed by atoms with E-state index in [1.54, 1.807) is 0 Å². The van der Waals surface area contributed by atoms with Crippen molar-refractivity contribution in [2.24, 2.45) is 0 Å². The average Bonchev–Trinajstić information content (AvgIpc) is 2.76. The molecule has 0 aliphatic heterocycles. The summed E-state index contributed by atoms with van der Waals surface area (Å²) in [5.41, 5.74) is 4.03. The van der Waals surface area contributed by atoms with Gasteiger partial charge in [0.25, 0.3) is 0 Å². The predicted octanol–water partition coefficient (Wildman–Crippen LogP) is 1.05. The minimum Gasteiger partial charge on any atom is -0.355 e. The lowest BCUT2D eigenvalue weighted by molar-refractivity contribution is -0.120. The van der Waals surface area contributed by atoms with Crippen LogP contribution in [0.1, 0.15) is 23.1 Å². The molecule has 2 N–H and O–H groups in total. The van der Waals surface area contributed by atoms with Crippen LogP contribution < -0.4 is 10.6 Å². The van der Waals surface area contributed by atoms with Gasteiger partial charge in [0.2, 0.25) is 5.91 Å². The van der Waals surface area contributed by atoms with Crippen LogP contribution in [0.25, 0.3) is 0 Å². The maximum atomic E-state index is 11.6. The first-order valence-corrected chi connectivity index (χ1v) is 6.31. The molecule has 1 aromatic carbocycles. The van der Waals surface area contributed by atoms with Gasteiger partial charge in [-0.15, -0.1) is 0 Å². The normalized spacial score (nSPS) is 13.5. The predicted molar refractivity (Wildman–Crippen MR) is 69.1 cm³/mol. The Kier molecular flexibility index (Phi) is 4.15. The van der Waals surface area contributed by atoms with Gasteiger partial charge in [0, 0.05) is 13.1 Å². The first-order valence-electron chi connectivity index (χ1n) is 6.31. The molecule has 0 unspecified atom stereocenters. The lowest BCUT2D eigenvalue weighted by atomic mass is 10.0. The lowest BCUT2D eigenvalue weighted by Gasteiger charge is -2.06. The zero-order valence-corrected chi connectivity index (χ0v) is 10.4. The zero-order valence-electron chi connectivity index (χ0n) is 10.4. The summed E-state index contributed by atoms with van der Waals surface area (Å²) in [6.45, 7) is 1.51. The van der Waals surface area contributed by atoms with E-state index in [1.807, 2.05) is 7.05 Å². The molecule has 0 spiro atoms. The molecule has 0 radical (unpaired) electrons. The van der Waals surface area contributed by atoms with Crippen molar-refractivity contribution in [3.05, 3.63) is 34.9 Å². The van der Waals surface area contributed by atoms with Crippen LogP contribution >= 0.6 is 0 Å². The van der Waals surface area contributed by atoms with Crippen LogP contribution in [0, 0.1) is 0 Å². The molecule has 2 rings (SSSR count). The van der Waals surface area contributed by atoms with Crippen LogP contribution in [-0.4, -0.2) is 26.0 Å². The fraction of sp³-hybridized carbons (Fsp3) is 0.500. The van der Waals surface area contributed by atoms with Crippen molar-refractivity contribution in [2.45, 2.75) is 25.7 Å². The highest BCUT2D eigenvalue weighted by Gasteiger charge is 2.11. The number of fused-ring (bicyclic) bond motifs is 1. The Morgan fingerprint density at radius 3 is 2.88 bits per heavy atom. The van der Waals surface area contributed by atoms with Crippen molar-refractivity contribution >= 4 is 5.91 Å². The summed E-state index contributed by atoms with van der Waals surface area (Å²) in [5.74, 6) is 0.109. The molecule has 92 valence electrons. The summed E-state index contributed by atoms with van der Waals surface area (Å²) in [4.78, 5) is 11.6. The SMILES string of the molecule is CNCCNC(=O)Cc1ccc2c(c1)CCC2. The largest absolute Gasteiger partial charge is 0.355 e. The summed E-state index contributed by atoms with van der Waals surface area (Å²) < 4.78 is 0. The molecule has 3 nitrogen and oxygen atoms in total. The molecule has 0 aromatic heterocycles. The van der Waals surface area contributed by atoms with Crippen molar-refractivity contribution in [1.82, 2.24) is 10.6 Å². The number of amides is 1. The summed E-state index contributed by atoms with van der Waals surface area (Å²) in [6, 6.07) is 6.46. The molecule has 0 saturated heterocycles. The Hall–Kier alpha value is -1.35. The smallest absolute Gasteiger partial charge is 0.224 e. The van der Waals surface area contributed by atoms with Gasteiger partial charge in [0.15, 0.2) is 0 Å². The van der Waals surface area contributed by atoms with Gasteiger partial charge < -0.3 is 10.6 Å². The molecule has 0 saturated carbocycles. The van der Waals surface area contributed by atoms with Crippen LogP contribution in [0.15, 0.2) is 18.2 Å². The van der Waals surface area contributed by atoms with E-state index in [0.29, 0.717) is 13.0 Å². The molecular formula is C14H20N2O. The van der Waals surface area contributed by atoms with Crippen LogP contribution in [0.4, 0.5) is 0 Å². The molecule has 0 heterocycles. The summed E-state index contributed by atoms with van der Waals surface area (Å²) in [6.07, 6.45) is 4.12. The maximum Gasteiger partial charge on any atom is 0.224 e. The van der Waals surface area contributed by atoms with Crippen molar-refractivity contribution in [3.63, 3.8) is 0 Å². The molecule has 3 heteroatoms. The van der Waals surface area contributed by atoms with Crippen LogP contribution in [0.5, 0.6) is 0 Å². The zero-order chi connectivity index (χ0) is 12.1. The fourth-order valence-corrected chi connectivity index (χ4v) is 2.31. The van der Waals surface area contributed by atoms with Crippen LogP contribution in [0.3, 0.4) is 0 Å². The Balaban J connectivity index is 1.88. The molecule has 1 aliphatic rings. The number of carbonyl (C=O) groups is 1. The van der Waals surface area contributed by atoms with E-state index in [-0.39, 0.29) is 5.91 Å². The van der Waals surface area contributed by atoms with Gasteiger partial charge >= 0.3 is 0 Å². The summed E-state index contributed by atoms with van der Waals surface area (Å²) in [5, 5.41) is 5.90. The Bertz CT molecular complexity index is 401. The van der Waals surface area contributed by atoms with Gasteiger partial charge in [-0.2, -0.15) is 0 Å². The number of aryl methyl sites for hydroxylation is 2. The van der Waals surface area contributed by atoms with E-state index < -0.39 is 0 Å². The standard InChI is InChI=1S/C14H20N2O/c1-15-7-8-16-14(17)10-11-5-6-12-3-2-4-13(12)9-11/h5-6,9,15H,2-4,7-8,10H2,1H3,(H,16,17). The second-order valence-corrected chi connectivity index (χ2v) is 4.59. The first kappa shape index (κ1) is 12.1. The van der Waals surface area contributed by atoms with E-state index in [0.717, 1.165) is 12.1 Å². The topological polar surface area (TPSA) is 41.1 Å². The first-order chi connectivity index (χ1) is 8.29. The fourth-order valence-electron chi connectivity index (χ4n) is 2.31. The number of likely N-dealkylation sites (N-methyl/N-ethyl adjacent to an activating group) is 1. The monoisotopic (exact) mass is 232 g/mol. The van der Waals surface area contributed by atoms with Crippen LogP contribution in [-0.2, 0) is 24.1 Å². The number of benzene rings is 1. The van der Waals surface area contributed by atoms with E-state index >= 15 is 0 Å². The van der Waals surface area contributed by atoms with Crippen molar-refractivity contribution < 1.29 is 4.79 Å². The highest BCUT2D eigenvalue weighted by Crippen LogP contribution is 2.22. The third kappa shape index (κ3) is 3.30. The number of hydrogen-bond donors (Lipinski definition) is 2. The van der Waals surface area contributed by atoms with Crippen LogP contribution in [0.2, 0.25) is 0 Å². The molecule has 1 aromatic rings. The van der Waals surface area contributed by atoms with Crippen molar-refractivity contribution in [2.75, 3.05) is 20.1 Å². The minimum absolute atomic E-state index is 0.109. The van der Waals surface area contributed by atoms with E-state index in [2.05, 4.69) is 28.8 Å². The lowest BCUT2D eigenvalue weighted by Crippen LogP contribution is -2.31. The second kappa shape index (κ2) is 5.82. The molecular weight excluding hydrogens is 212 g/mol. The molecule has 1 aliphatic carbocycles. The van der Waals surface area contributed by atoms with Gasteiger partial charge in [-0.25, -0.2) is 0 Å². The Morgan fingerprint density at radius 1 is 1.24 bits per heavy atom. The van der Waals surface area contributed by atoms with Crippen molar-refractivity contribution in [1.29, 1.82) is 0 Å². The molecule has 0 atom stereocenters. The number of rotatable bonds is 5. The van der Waals surface area contributed by atoms with E-state index in [4.69, 9.17) is 0 Å². The minimum atomic E-state index is 0.109. The average molecular weight is 232 g/mol. The highest BCUT2D eigenvalue weighted by atomic mass is 16.1. The van der Waals surface area contributed by atoms with Gasteiger partial charge in [-0.3, -0.25) is 4.79 Å². The Labute approximate surface area is 103 Å². The van der Waals surface area contributed by atoms with Gasteiger partial charge in [0.05, 0.1) is 6.42 Å². The summed E-state index contributed by atoms with van der Waals surface area (Å²) >= 11 is 0. The van der Waals surface area contributed by atoms with Gasteiger partial charge in [0.1, 0.15) is 0 Å². The van der Waals surface area contributed by atoms with Crippen molar-refractivity contribution in [3.8, 4) is 0 Å². The van der Waals surface area contributed by atoms with E-state index in [9.17, 15) is 4.79 Å². The molecule has 0 bridgehead atoms.